The molecule has 0 aliphatic heterocycles. The molecule has 7 heteroatoms. The lowest BCUT2D eigenvalue weighted by Gasteiger charge is -2.16. The van der Waals surface area contributed by atoms with Gasteiger partial charge < -0.3 is 9.47 Å². The van der Waals surface area contributed by atoms with Crippen LogP contribution in [0.15, 0.2) is 0 Å². The van der Waals surface area contributed by atoms with E-state index in [1.54, 1.807) is 0 Å². The maximum atomic E-state index is 10.8. The van der Waals surface area contributed by atoms with E-state index in [2.05, 4.69) is 9.47 Å². The van der Waals surface area contributed by atoms with Crippen LogP contribution in [0.2, 0.25) is 0 Å². The fraction of sp³-hybridized carbons (Fsp3) is 0.500. The van der Waals surface area contributed by atoms with Gasteiger partial charge in [0.2, 0.25) is 5.91 Å². The number of ether oxygens (including phenoxy) is 2. The van der Waals surface area contributed by atoms with Crippen LogP contribution in [0.3, 0.4) is 0 Å². The molecule has 0 unspecified atom stereocenters. The second kappa shape index (κ2) is 4.96. The van der Waals surface area contributed by atoms with E-state index >= 15 is 0 Å². The second-order valence-electron chi connectivity index (χ2n) is 1.93. The number of hydrogen-bond acceptors (Lipinski definition) is 5. The first kappa shape index (κ1) is 11.2. The Balaban J connectivity index is 4.35. The third kappa shape index (κ3) is 3.41. The highest BCUT2D eigenvalue weighted by Gasteiger charge is 2.20. The van der Waals surface area contributed by atoms with Gasteiger partial charge in [-0.1, -0.05) is 0 Å². The van der Waals surface area contributed by atoms with Crippen LogP contribution >= 0.6 is 0 Å². The van der Waals surface area contributed by atoms with Gasteiger partial charge >= 0.3 is 12.2 Å². The highest BCUT2D eigenvalue weighted by Crippen LogP contribution is 1.90. The van der Waals surface area contributed by atoms with Crippen molar-refractivity contribution in [1.29, 1.82) is 0 Å². The molecule has 0 spiro atoms. The smallest absolute Gasteiger partial charge is 0.435 e. The lowest BCUT2D eigenvalue weighted by atomic mass is 10.7. The predicted molar refractivity (Wildman–Crippen MR) is 40.5 cm³/mol. The molecule has 3 amide bonds. The molecule has 0 saturated heterocycles. The highest BCUT2D eigenvalue weighted by atomic mass is 16.6. The van der Waals surface area contributed by atoms with Crippen molar-refractivity contribution in [3.8, 4) is 0 Å². The van der Waals surface area contributed by atoms with Crippen LogP contribution in [-0.4, -0.2) is 37.3 Å². The molecular formula is C6H10N2O5. The Kier molecular flexibility index (Phi) is 4.28. The third-order valence-electron chi connectivity index (χ3n) is 1.06. The first-order chi connectivity index (χ1) is 6.02. The van der Waals surface area contributed by atoms with Crippen molar-refractivity contribution in [1.82, 2.24) is 10.4 Å². The van der Waals surface area contributed by atoms with E-state index in [0.717, 1.165) is 21.1 Å². The number of amides is 3. The van der Waals surface area contributed by atoms with Crippen molar-refractivity contribution in [2.45, 2.75) is 6.92 Å². The number of nitrogens with zero attached hydrogens (tertiary/aromatic N) is 1. The SMILES string of the molecule is COC(=O)NN(C(C)=O)C(=O)OC. The van der Waals surface area contributed by atoms with Crippen molar-refractivity contribution in [3.63, 3.8) is 0 Å². The van der Waals surface area contributed by atoms with Gasteiger partial charge in [-0.15, -0.1) is 5.01 Å². The molecule has 0 radical (unpaired) electrons. The molecule has 0 aliphatic carbocycles. The zero-order chi connectivity index (χ0) is 10.4. The number of nitrogens with one attached hydrogen (secondary N) is 1. The van der Waals surface area contributed by atoms with Gasteiger partial charge in [0.1, 0.15) is 0 Å². The number of methoxy groups -OCH3 is 2. The molecule has 0 aromatic rings. The molecule has 0 saturated carbocycles. The standard InChI is InChI=1S/C6H10N2O5/c1-4(9)8(6(11)13-3)7-5(10)12-2/h1-3H3,(H,7,10). The zero-order valence-corrected chi connectivity index (χ0v) is 7.49. The molecule has 0 aliphatic rings. The Morgan fingerprint density at radius 2 is 1.69 bits per heavy atom. The summed E-state index contributed by atoms with van der Waals surface area (Å²) in [7, 11) is 2.18. The Morgan fingerprint density at radius 1 is 1.15 bits per heavy atom. The van der Waals surface area contributed by atoms with Crippen molar-refractivity contribution in [3.05, 3.63) is 0 Å². The number of carbonyl (C=O) groups excluding carboxylic acids is 3. The summed E-state index contributed by atoms with van der Waals surface area (Å²) in [5.74, 6) is -0.683. The number of hydrazine groups is 1. The maximum Gasteiger partial charge on any atom is 0.435 e. The molecule has 13 heavy (non-hydrogen) atoms. The van der Waals surface area contributed by atoms with E-state index in [9.17, 15) is 14.4 Å². The second-order valence-corrected chi connectivity index (χ2v) is 1.93. The summed E-state index contributed by atoms with van der Waals surface area (Å²) in [5.41, 5.74) is 1.86. The molecule has 0 aromatic heterocycles. The molecule has 0 atom stereocenters. The van der Waals surface area contributed by atoms with Crippen LogP contribution in [0.1, 0.15) is 6.92 Å². The monoisotopic (exact) mass is 190 g/mol. The van der Waals surface area contributed by atoms with Gasteiger partial charge in [0.15, 0.2) is 0 Å². The molecular weight excluding hydrogens is 180 g/mol. The fourth-order valence-corrected chi connectivity index (χ4v) is 0.481. The summed E-state index contributed by atoms with van der Waals surface area (Å²) in [5, 5.41) is 0.395. The average Bonchev–Trinajstić information content (AvgIpc) is 2.11. The molecule has 0 bridgehead atoms. The van der Waals surface area contributed by atoms with Crippen molar-refractivity contribution < 1.29 is 23.9 Å². The van der Waals surface area contributed by atoms with E-state index < -0.39 is 18.1 Å². The Bertz CT molecular complexity index is 227. The number of imide groups is 1. The first-order valence-corrected chi connectivity index (χ1v) is 3.26. The van der Waals surface area contributed by atoms with E-state index in [1.165, 1.54) is 0 Å². The molecule has 0 fully saturated rings. The number of carbonyl (C=O) groups is 3. The minimum atomic E-state index is -0.988. The summed E-state index contributed by atoms with van der Waals surface area (Å²) in [6, 6.07) is 0. The van der Waals surface area contributed by atoms with E-state index in [0.29, 0.717) is 5.01 Å². The highest BCUT2D eigenvalue weighted by molar-refractivity contribution is 5.92. The van der Waals surface area contributed by atoms with Gasteiger partial charge in [-0.05, 0) is 0 Å². The quantitative estimate of drug-likeness (QED) is 0.538. The Morgan fingerprint density at radius 3 is 2.00 bits per heavy atom. The Hall–Kier alpha value is -1.79. The topological polar surface area (TPSA) is 84.9 Å². The summed E-state index contributed by atoms with van der Waals surface area (Å²) < 4.78 is 8.39. The average molecular weight is 190 g/mol. The zero-order valence-electron chi connectivity index (χ0n) is 7.49. The lowest BCUT2D eigenvalue weighted by molar-refractivity contribution is -0.129. The molecule has 74 valence electrons. The minimum Gasteiger partial charge on any atom is -0.452 e. The number of hydrogen-bond donors (Lipinski definition) is 1. The lowest BCUT2D eigenvalue weighted by Crippen LogP contribution is -2.48. The van der Waals surface area contributed by atoms with Crippen molar-refractivity contribution in [2.75, 3.05) is 14.2 Å². The molecule has 7 nitrogen and oxygen atoms in total. The molecule has 1 N–H and O–H groups in total. The summed E-state index contributed by atoms with van der Waals surface area (Å²) in [4.78, 5) is 32.2. The maximum absolute atomic E-state index is 10.8. The van der Waals surface area contributed by atoms with E-state index in [-0.39, 0.29) is 0 Å². The van der Waals surface area contributed by atoms with Crippen molar-refractivity contribution >= 4 is 18.1 Å². The largest absolute Gasteiger partial charge is 0.452 e. The van der Waals surface area contributed by atoms with Crippen LogP contribution in [0, 0.1) is 0 Å². The van der Waals surface area contributed by atoms with Crippen LogP contribution in [0.5, 0.6) is 0 Å². The Labute approximate surface area is 74.6 Å². The van der Waals surface area contributed by atoms with E-state index in [1.807, 2.05) is 5.43 Å². The van der Waals surface area contributed by atoms with Gasteiger partial charge in [-0.25, -0.2) is 15.0 Å². The van der Waals surface area contributed by atoms with Crippen LogP contribution in [0.25, 0.3) is 0 Å². The summed E-state index contributed by atoms with van der Waals surface area (Å²) >= 11 is 0. The summed E-state index contributed by atoms with van der Waals surface area (Å²) in [6.45, 7) is 1.09. The molecule has 0 aromatic carbocycles. The van der Waals surface area contributed by atoms with Crippen LogP contribution in [-0.2, 0) is 14.3 Å². The third-order valence-corrected chi connectivity index (χ3v) is 1.06. The minimum absolute atomic E-state index is 0.395. The van der Waals surface area contributed by atoms with Crippen LogP contribution < -0.4 is 5.43 Å². The molecule has 0 rings (SSSR count). The normalized spacial score (nSPS) is 8.54. The van der Waals surface area contributed by atoms with Gasteiger partial charge in [-0.2, -0.15) is 0 Å². The summed E-state index contributed by atoms with van der Waals surface area (Å²) in [6.07, 6.45) is -1.92. The van der Waals surface area contributed by atoms with Gasteiger partial charge in [0.05, 0.1) is 14.2 Å². The predicted octanol–water partition coefficient (Wildman–Crippen LogP) is -0.128. The van der Waals surface area contributed by atoms with Gasteiger partial charge in [0.25, 0.3) is 0 Å². The van der Waals surface area contributed by atoms with Gasteiger partial charge in [-0.3, -0.25) is 4.79 Å². The number of rotatable bonds is 0. The van der Waals surface area contributed by atoms with Crippen LogP contribution in [0.4, 0.5) is 9.59 Å². The van der Waals surface area contributed by atoms with E-state index in [4.69, 9.17) is 0 Å². The van der Waals surface area contributed by atoms with Crippen molar-refractivity contribution in [2.24, 2.45) is 0 Å². The van der Waals surface area contributed by atoms with Gasteiger partial charge in [0, 0.05) is 6.92 Å². The molecule has 0 heterocycles. The first-order valence-electron chi connectivity index (χ1n) is 3.26. The fourth-order valence-electron chi connectivity index (χ4n) is 0.481.